The smallest absolute Gasteiger partial charge is 0.429 e. The number of fused-ring (bicyclic) bond motifs is 2. The number of ether oxygens (including phenoxy) is 4. The number of aromatic carboxylic acids is 1. The summed E-state index contributed by atoms with van der Waals surface area (Å²) in [5.74, 6) is -4.44. The van der Waals surface area contributed by atoms with E-state index >= 15 is 0 Å². The summed E-state index contributed by atoms with van der Waals surface area (Å²) >= 11 is 0. The zero-order valence-corrected chi connectivity index (χ0v) is 66.1. The van der Waals surface area contributed by atoms with Gasteiger partial charge in [0.2, 0.25) is 38.5 Å². The van der Waals surface area contributed by atoms with Crippen LogP contribution in [-0.4, -0.2) is 230 Å². The van der Waals surface area contributed by atoms with Crippen LogP contribution in [0.25, 0.3) is 0 Å². The molecule has 0 aliphatic carbocycles. The number of rotatable bonds is 7. The number of aromatic hydroxyl groups is 2. The third-order valence-electron chi connectivity index (χ3n) is 15.5. The number of amides is 6. The second-order valence-electron chi connectivity index (χ2n) is 29.3. The number of H-pyrrole nitrogens is 2. The number of nitrogens with zero attached hydrogens (tertiary/aromatic N) is 15. The lowest BCUT2D eigenvalue weighted by Gasteiger charge is -2.48. The van der Waals surface area contributed by atoms with Crippen molar-refractivity contribution < 1.29 is 77.4 Å². The molecule has 0 radical (unpaired) electrons. The SMILES string of the molecule is CC(C)(C)OC(=O)N1CCCCN1.CC(C)(C)OC(=O)N1CCCCN1C(=O)c1[nH]ncc(=O)c1O.CC(C)C1N2CCCCN2C(=O)c2c(O)c(=O)cnn21.CC(C)C=O.CCOC(=O)c1n[nH]cc(C)c1=O.Cc1cn(C)nc(C(=O)N2CCCCN2C(=O)OC(C)(C)C)c1=O.Cc1cn(C)nc(C(=O)O)c1=O. The molecule has 0 spiro atoms. The first-order chi connectivity index (χ1) is 51.3. The molecule has 39 heteroatoms. The Kier molecular flexibility index (Phi) is 33.8. The first-order valence-electron chi connectivity index (χ1n) is 35.8. The lowest BCUT2D eigenvalue weighted by Crippen LogP contribution is -2.59. The minimum Gasteiger partial charge on any atom is -0.502 e. The molecular weight excluding hydrogens is 1440 g/mol. The van der Waals surface area contributed by atoms with E-state index in [1.165, 1.54) is 41.5 Å². The van der Waals surface area contributed by atoms with Crippen molar-refractivity contribution in [1.82, 2.24) is 90.2 Å². The molecule has 5 aliphatic heterocycles. The van der Waals surface area contributed by atoms with Crippen molar-refractivity contribution in [3.05, 3.63) is 127 Å². The summed E-state index contributed by atoms with van der Waals surface area (Å²) in [6.07, 6.45) is 12.7. The minimum absolute atomic E-state index is 0.00866. The topological polar surface area (TPSA) is 482 Å². The van der Waals surface area contributed by atoms with Crippen LogP contribution in [0, 0.1) is 32.6 Å². The zero-order chi connectivity index (χ0) is 83.0. The Bertz CT molecular complexity index is 4370. The summed E-state index contributed by atoms with van der Waals surface area (Å²) in [6, 6.07) is 0. The van der Waals surface area contributed by atoms with E-state index in [0.717, 1.165) is 88.3 Å². The van der Waals surface area contributed by atoms with Gasteiger partial charge < -0.3 is 39.1 Å². The van der Waals surface area contributed by atoms with Gasteiger partial charge >= 0.3 is 30.2 Å². The van der Waals surface area contributed by atoms with Gasteiger partial charge in [0, 0.05) is 108 Å². The van der Waals surface area contributed by atoms with Crippen LogP contribution in [0.15, 0.2) is 55.0 Å². The number of nitrogens with one attached hydrogen (secondary N) is 3. The van der Waals surface area contributed by atoms with Gasteiger partial charge in [-0.25, -0.2) is 59.1 Å². The zero-order valence-electron chi connectivity index (χ0n) is 66.1. The van der Waals surface area contributed by atoms with Crippen molar-refractivity contribution >= 4 is 54.2 Å². The van der Waals surface area contributed by atoms with Crippen LogP contribution in [0.4, 0.5) is 14.4 Å². The van der Waals surface area contributed by atoms with Gasteiger partial charge in [0.25, 0.3) is 17.7 Å². The first-order valence-corrected chi connectivity index (χ1v) is 35.8. The third-order valence-corrected chi connectivity index (χ3v) is 15.5. The molecule has 6 amide bonds. The standard InChI is InChI=1S/C16H24N4O4.C14H20N4O5.C13H18N4O3.C9H18N2O2.C8H10N2O3.C7H8N2O3.C4H8O/c1-11-10-18(5)17-12(13(11)21)14(22)19-8-6-7-9-20(19)15(23)24-16(2,3)4;1-14(2,3)23-13(22)18-7-5-4-6-17(18)12(21)10-11(20)9(19)8-15-16-10;1-8(2)12-15-5-3-4-6-16(15)13(20)10-11(19)9(18)7-14-17(10)12;1-9(2,3)13-8(12)11-7-5-4-6-10-11;1-3-13-8(12)6-7(11)5(2)4-9-10-6;1-4-3-9(2)8-5(6(4)10)7(11)12;1-4(2)3-5/h10H,6-9H2,1-5H3;8H,4-7H2,1-3H3,(H,15,20)(H,16,19);7-8,12,19H,3-6H2,1-2H3;10H,4-7H2,1-3H3;4H,3H2,1-2H3,(H,9,11);3H,1-2H3,(H,11,12);3-4H,1-2H3. The number of carbonyl (C=O) groups is 9. The highest BCUT2D eigenvalue weighted by Crippen LogP contribution is 2.35. The Balaban J connectivity index is 0.000000280. The van der Waals surface area contributed by atoms with Crippen molar-refractivity contribution in [3.63, 3.8) is 0 Å². The van der Waals surface area contributed by atoms with Gasteiger partial charge in [-0.1, -0.05) is 27.7 Å². The number of hydrogen-bond donors (Lipinski definition) is 6. The van der Waals surface area contributed by atoms with E-state index in [2.05, 4.69) is 45.9 Å². The number of hydrogen-bond acceptors (Lipinski definition) is 27. The summed E-state index contributed by atoms with van der Waals surface area (Å²) < 4.78 is 24.7. The van der Waals surface area contributed by atoms with Crippen molar-refractivity contribution in [3.8, 4) is 11.5 Å². The highest BCUT2D eigenvalue weighted by atomic mass is 16.6. The summed E-state index contributed by atoms with van der Waals surface area (Å²) in [5, 5.41) is 61.8. The van der Waals surface area contributed by atoms with E-state index in [0.29, 0.717) is 49.3 Å². The number of aldehydes is 1. The summed E-state index contributed by atoms with van der Waals surface area (Å²) in [7, 11) is 3.21. The van der Waals surface area contributed by atoms with Gasteiger partial charge in [-0.05, 0) is 147 Å². The largest absolute Gasteiger partial charge is 0.502 e. The lowest BCUT2D eigenvalue weighted by atomic mass is 10.1. The van der Waals surface area contributed by atoms with Gasteiger partial charge in [0.05, 0.1) is 19.0 Å². The van der Waals surface area contributed by atoms with Crippen LogP contribution in [0.1, 0.15) is 224 Å². The molecule has 5 aliphatic rings. The normalized spacial score (nSPS) is 15.5. The predicted octanol–water partition coefficient (Wildman–Crippen LogP) is 5.32. The van der Waals surface area contributed by atoms with E-state index < -0.39 is 97.1 Å². The molecular formula is C71H106N18O21. The number of hydrazine groups is 4. The van der Waals surface area contributed by atoms with E-state index in [1.807, 2.05) is 53.5 Å². The maximum absolute atomic E-state index is 12.8. The first kappa shape index (κ1) is 91.1. The number of carboxylic acids is 1. The Hall–Kier alpha value is -11.2. The number of carboxylic acid groups (broad SMARTS) is 1. The van der Waals surface area contributed by atoms with Crippen LogP contribution < -0.4 is 32.6 Å². The molecule has 0 saturated carbocycles. The number of aromatic nitrogens is 10. The lowest BCUT2D eigenvalue weighted by molar-refractivity contribution is -0.113. The highest BCUT2D eigenvalue weighted by molar-refractivity contribution is 5.96. The van der Waals surface area contributed by atoms with Gasteiger partial charge in [0.15, 0.2) is 28.6 Å². The highest BCUT2D eigenvalue weighted by Gasteiger charge is 2.43. The second kappa shape index (κ2) is 40.8. The molecule has 10 heterocycles. The Morgan fingerprint density at radius 3 is 1.53 bits per heavy atom. The van der Waals surface area contributed by atoms with Crippen molar-refractivity contribution in [1.29, 1.82) is 0 Å². The molecule has 1 atom stereocenters. The summed E-state index contributed by atoms with van der Waals surface area (Å²) in [6.45, 7) is 34.8. The summed E-state index contributed by atoms with van der Waals surface area (Å²) in [5.41, 5.74) is -1.41. The maximum atomic E-state index is 12.8. The number of carbonyl (C=O) groups excluding carboxylic acids is 8. The van der Waals surface area contributed by atoms with Crippen LogP contribution in [0.2, 0.25) is 0 Å². The number of esters is 1. The second-order valence-corrected chi connectivity index (χ2v) is 29.3. The van der Waals surface area contributed by atoms with Gasteiger partial charge in [-0.2, -0.15) is 30.5 Å². The monoisotopic (exact) mass is 1550 g/mol. The molecule has 39 nitrogen and oxygen atoms in total. The van der Waals surface area contributed by atoms with Gasteiger partial charge in [0.1, 0.15) is 29.3 Å². The third kappa shape index (κ3) is 26.6. The van der Waals surface area contributed by atoms with E-state index in [9.17, 15) is 77.3 Å². The summed E-state index contributed by atoms with van der Waals surface area (Å²) in [4.78, 5) is 163. The molecule has 4 fully saturated rings. The minimum atomic E-state index is -1.29. The fourth-order valence-electron chi connectivity index (χ4n) is 10.6. The molecule has 606 valence electrons. The fraction of sp³-hybridized carbons (Fsp3) is 0.592. The molecule has 6 N–H and O–H groups in total. The average Bonchev–Trinajstić information content (AvgIpc) is 0.739. The number of aromatic amines is 2. The molecule has 5 aromatic rings. The molecule has 110 heavy (non-hydrogen) atoms. The molecule has 4 saturated heterocycles. The predicted molar refractivity (Wildman–Crippen MR) is 396 cm³/mol. The average molecular weight is 1550 g/mol. The Morgan fingerprint density at radius 2 is 1.05 bits per heavy atom. The van der Waals surface area contributed by atoms with Gasteiger partial charge in [-0.15, -0.1) is 0 Å². The molecule has 0 aromatic carbocycles. The maximum Gasteiger partial charge on any atom is 0.429 e. The van der Waals surface area contributed by atoms with Crippen molar-refractivity contribution in [2.75, 3.05) is 59.0 Å². The van der Waals surface area contributed by atoms with Gasteiger partial charge in [-0.3, -0.25) is 62.9 Å². The van der Waals surface area contributed by atoms with Crippen LogP contribution in [-0.2, 0) is 37.8 Å². The molecule has 1 unspecified atom stereocenters. The van der Waals surface area contributed by atoms with Crippen LogP contribution in [0.5, 0.6) is 11.5 Å². The quantitative estimate of drug-likeness (QED) is 0.0682. The van der Waals surface area contributed by atoms with Crippen LogP contribution >= 0.6 is 0 Å². The fourth-order valence-corrected chi connectivity index (χ4v) is 10.6. The van der Waals surface area contributed by atoms with Crippen molar-refractivity contribution in [2.24, 2.45) is 25.9 Å². The Morgan fingerprint density at radius 1 is 0.591 bits per heavy atom. The van der Waals surface area contributed by atoms with Crippen LogP contribution in [0.3, 0.4) is 0 Å². The Labute approximate surface area is 635 Å². The number of aryl methyl sites for hydroxylation is 5. The van der Waals surface area contributed by atoms with E-state index in [-0.39, 0.29) is 65.9 Å². The van der Waals surface area contributed by atoms with E-state index in [1.54, 1.807) is 99.5 Å². The van der Waals surface area contributed by atoms with Crippen molar-refractivity contribution in [2.45, 2.75) is 192 Å². The molecule has 0 bridgehead atoms. The van der Waals surface area contributed by atoms with E-state index in [4.69, 9.17) is 19.3 Å². The molecule has 5 aromatic heterocycles. The molecule has 10 rings (SSSR count).